The molecule has 2 nitrogen and oxygen atoms in total. The molecule has 0 heterocycles. The van der Waals surface area contributed by atoms with Crippen LogP contribution in [0.15, 0.2) is 10.2 Å². The molecule has 0 amide bonds. The minimum absolute atomic E-state index is 0.358. The first-order valence-electron chi connectivity index (χ1n) is 7.20. The molecule has 2 unspecified atom stereocenters. The Morgan fingerprint density at radius 1 is 1.06 bits per heavy atom. The van der Waals surface area contributed by atoms with Gasteiger partial charge in [-0.1, -0.05) is 37.3 Å². The van der Waals surface area contributed by atoms with Crippen molar-refractivity contribution in [1.29, 1.82) is 0 Å². The SMILES string of the molecule is CC(N=NC(C)(Cl)C1CCCC1)C1CCCC1. The largest absolute Gasteiger partial charge is 0.189 e. The van der Waals surface area contributed by atoms with Gasteiger partial charge in [-0.2, -0.15) is 10.2 Å². The number of azo groups is 1. The molecule has 0 saturated heterocycles. The fraction of sp³-hybridized carbons (Fsp3) is 1.00. The Balaban J connectivity index is 1.88. The Morgan fingerprint density at radius 2 is 1.59 bits per heavy atom. The lowest BCUT2D eigenvalue weighted by Crippen LogP contribution is -2.24. The van der Waals surface area contributed by atoms with Crippen molar-refractivity contribution < 1.29 is 0 Å². The minimum Gasteiger partial charge on any atom is -0.189 e. The molecule has 2 saturated carbocycles. The van der Waals surface area contributed by atoms with E-state index in [0.717, 1.165) is 5.92 Å². The third-order valence-electron chi connectivity index (χ3n) is 4.62. The zero-order valence-electron chi connectivity index (χ0n) is 11.2. The van der Waals surface area contributed by atoms with Crippen LogP contribution in [-0.4, -0.2) is 11.0 Å². The molecule has 98 valence electrons. The summed E-state index contributed by atoms with van der Waals surface area (Å²) in [6, 6.07) is 0.358. The second kappa shape index (κ2) is 5.69. The molecule has 0 aromatic heterocycles. The maximum Gasteiger partial charge on any atom is 0.154 e. The van der Waals surface area contributed by atoms with Crippen molar-refractivity contribution in [2.24, 2.45) is 22.1 Å². The van der Waals surface area contributed by atoms with E-state index in [2.05, 4.69) is 17.2 Å². The van der Waals surface area contributed by atoms with E-state index in [-0.39, 0.29) is 0 Å². The van der Waals surface area contributed by atoms with Crippen LogP contribution in [-0.2, 0) is 0 Å². The zero-order chi connectivity index (χ0) is 12.3. The van der Waals surface area contributed by atoms with Crippen LogP contribution >= 0.6 is 11.6 Å². The number of hydrogen-bond donors (Lipinski definition) is 0. The van der Waals surface area contributed by atoms with E-state index in [4.69, 9.17) is 11.6 Å². The summed E-state index contributed by atoms with van der Waals surface area (Å²) in [5, 5.41) is 8.99. The van der Waals surface area contributed by atoms with Crippen LogP contribution in [0.1, 0.15) is 65.2 Å². The molecule has 0 aromatic carbocycles. The second-order valence-electron chi connectivity index (χ2n) is 6.01. The van der Waals surface area contributed by atoms with Gasteiger partial charge >= 0.3 is 0 Å². The number of halogens is 1. The summed E-state index contributed by atoms with van der Waals surface area (Å²) in [5.41, 5.74) is 0. The summed E-state index contributed by atoms with van der Waals surface area (Å²) in [7, 11) is 0. The van der Waals surface area contributed by atoms with Crippen LogP contribution < -0.4 is 0 Å². The summed E-state index contributed by atoms with van der Waals surface area (Å²) in [5.74, 6) is 1.28. The van der Waals surface area contributed by atoms with Crippen molar-refractivity contribution in [1.82, 2.24) is 0 Å². The first kappa shape index (κ1) is 13.3. The number of rotatable bonds is 4. The predicted molar refractivity (Wildman–Crippen MR) is 72.5 cm³/mol. The van der Waals surface area contributed by atoms with Gasteiger partial charge in [0.25, 0.3) is 0 Å². The second-order valence-corrected chi connectivity index (χ2v) is 6.77. The average Bonchev–Trinajstić information content (AvgIpc) is 2.97. The van der Waals surface area contributed by atoms with E-state index in [1.54, 1.807) is 0 Å². The molecule has 0 spiro atoms. The molecular formula is C14H25ClN2. The number of alkyl halides is 1. The third kappa shape index (κ3) is 3.43. The van der Waals surface area contributed by atoms with Crippen molar-refractivity contribution >= 4 is 11.6 Å². The molecule has 2 atom stereocenters. The Bertz CT molecular complexity index is 263. The number of hydrogen-bond acceptors (Lipinski definition) is 2. The van der Waals surface area contributed by atoms with Crippen LogP contribution in [0.3, 0.4) is 0 Å². The lowest BCUT2D eigenvalue weighted by Gasteiger charge is -2.24. The Hall–Kier alpha value is -0.110. The summed E-state index contributed by atoms with van der Waals surface area (Å²) in [4.78, 5) is -0.455. The molecule has 17 heavy (non-hydrogen) atoms. The molecule has 0 aliphatic heterocycles. The standard InChI is InChI=1S/C14H25ClN2/c1-11(12-7-3-4-8-12)16-17-14(2,15)13-9-5-6-10-13/h11-13H,3-10H2,1-2H3. The van der Waals surface area contributed by atoms with Crippen molar-refractivity contribution in [2.45, 2.75) is 76.3 Å². The first-order valence-corrected chi connectivity index (χ1v) is 7.58. The average molecular weight is 257 g/mol. The Labute approximate surface area is 110 Å². The number of nitrogens with zero attached hydrogens (tertiary/aromatic N) is 2. The van der Waals surface area contributed by atoms with Crippen LogP contribution in [0.4, 0.5) is 0 Å². The molecule has 0 N–H and O–H groups in total. The minimum atomic E-state index is -0.455. The van der Waals surface area contributed by atoms with E-state index in [9.17, 15) is 0 Å². The normalized spacial score (nSPS) is 28.9. The monoisotopic (exact) mass is 256 g/mol. The summed E-state index contributed by atoms with van der Waals surface area (Å²) < 4.78 is 0. The van der Waals surface area contributed by atoms with Gasteiger partial charge < -0.3 is 0 Å². The van der Waals surface area contributed by atoms with Gasteiger partial charge in [0.05, 0.1) is 6.04 Å². The van der Waals surface area contributed by atoms with E-state index in [1.165, 1.54) is 51.4 Å². The van der Waals surface area contributed by atoms with Gasteiger partial charge in [-0.3, -0.25) is 0 Å². The summed E-state index contributed by atoms with van der Waals surface area (Å²) in [6.45, 7) is 4.23. The molecule has 2 rings (SSSR count). The summed E-state index contributed by atoms with van der Waals surface area (Å²) in [6.07, 6.45) is 10.4. The van der Waals surface area contributed by atoms with Gasteiger partial charge in [0, 0.05) is 0 Å². The van der Waals surface area contributed by atoms with E-state index in [0.29, 0.717) is 12.0 Å². The topological polar surface area (TPSA) is 24.7 Å². The molecule has 0 radical (unpaired) electrons. The van der Waals surface area contributed by atoms with E-state index in [1.807, 2.05) is 6.92 Å². The van der Waals surface area contributed by atoms with E-state index >= 15 is 0 Å². The fourth-order valence-electron chi connectivity index (χ4n) is 3.27. The highest BCUT2D eigenvalue weighted by Crippen LogP contribution is 2.40. The molecule has 2 aliphatic rings. The smallest absolute Gasteiger partial charge is 0.154 e. The highest BCUT2D eigenvalue weighted by atomic mass is 35.5. The lowest BCUT2D eigenvalue weighted by molar-refractivity contribution is 0.371. The van der Waals surface area contributed by atoms with Crippen molar-refractivity contribution in [3.05, 3.63) is 0 Å². The van der Waals surface area contributed by atoms with Crippen molar-refractivity contribution in [3.63, 3.8) is 0 Å². The van der Waals surface area contributed by atoms with Gasteiger partial charge in [0.15, 0.2) is 5.00 Å². The molecule has 2 fully saturated rings. The molecule has 0 aromatic rings. The molecule has 2 aliphatic carbocycles. The third-order valence-corrected chi connectivity index (χ3v) is 5.00. The molecular weight excluding hydrogens is 232 g/mol. The van der Waals surface area contributed by atoms with E-state index < -0.39 is 5.00 Å². The molecule has 3 heteroatoms. The summed E-state index contributed by atoms with van der Waals surface area (Å²) >= 11 is 6.53. The van der Waals surface area contributed by atoms with Gasteiger partial charge in [0.1, 0.15) is 0 Å². The maximum absolute atomic E-state index is 6.53. The van der Waals surface area contributed by atoms with Crippen LogP contribution in [0.2, 0.25) is 0 Å². The van der Waals surface area contributed by atoms with Crippen LogP contribution in [0, 0.1) is 11.8 Å². The van der Waals surface area contributed by atoms with Gasteiger partial charge in [-0.15, -0.1) is 0 Å². The van der Waals surface area contributed by atoms with Crippen molar-refractivity contribution in [3.8, 4) is 0 Å². The van der Waals surface area contributed by atoms with Gasteiger partial charge in [-0.25, -0.2) is 0 Å². The van der Waals surface area contributed by atoms with Crippen LogP contribution in [0.5, 0.6) is 0 Å². The highest BCUT2D eigenvalue weighted by molar-refractivity contribution is 6.23. The van der Waals surface area contributed by atoms with Gasteiger partial charge in [-0.05, 0) is 51.4 Å². The zero-order valence-corrected chi connectivity index (χ0v) is 11.9. The predicted octanol–water partition coefficient (Wildman–Crippen LogP) is 5.16. The Kier molecular flexibility index (Phi) is 4.46. The maximum atomic E-state index is 6.53. The first-order chi connectivity index (χ1) is 8.09. The quantitative estimate of drug-likeness (QED) is 0.377. The van der Waals surface area contributed by atoms with Crippen LogP contribution in [0.25, 0.3) is 0 Å². The lowest BCUT2D eigenvalue weighted by atomic mass is 9.99. The fourth-order valence-corrected chi connectivity index (χ4v) is 3.53. The highest BCUT2D eigenvalue weighted by Gasteiger charge is 2.34. The van der Waals surface area contributed by atoms with Gasteiger partial charge in [0.2, 0.25) is 0 Å². The Morgan fingerprint density at radius 3 is 2.18 bits per heavy atom. The molecule has 0 bridgehead atoms. The van der Waals surface area contributed by atoms with Crippen molar-refractivity contribution in [2.75, 3.05) is 0 Å².